The van der Waals surface area contributed by atoms with E-state index in [0.29, 0.717) is 29.0 Å². The number of allylic oxidation sites excluding steroid dienone is 6. The molecule has 0 unspecified atom stereocenters. The van der Waals surface area contributed by atoms with Crippen LogP contribution in [0.25, 0.3) is 0 Å². The first-order valence-electron chi connectivity index (χ1n) is 12.3. The van der Waals surface area contributed by atoms with Crippen LogP contribution < -0.4 is 0 Å². The zero-order chi connectivity index (χ0) is 21.0. The van der Waals surface area contributed by atoms with E-state index in [-0.39, 0.29) is 5.41 Å². The van der Waals surface area contributed by atoms with Crippen LogP contribution in [0.5, 0.6) is 0 Å². The zero-order valence-electron chi connectivity index (χ0n) is 19.6. The summed E-state index contributed by atoms with van der Waals surface area (Å²) in [6.45, 7) is 14.6. The second-order valence-electron chi connectivity index (χ2n) is 11.7. The van der Waals surface area contributed by atoms with Crippen molar-refractivity contribution >= 4 is 5.78 Å². The SMILES string of the molecule is CC(C)[C@@H](C)/C=C/[C@@H](C)[C@@H]1CC[C@@H]2[C@@H]3C=CC4=CC(=O)CC[C@@]4(C)[C@H]3CC[C@@]21C. The molecule has 0 radical (unpaired) electrons. The summed E-state index contributed by atoms with van der Waals surface area (Å²) in [7, 11) is 0. The quantitative estimate of drug-likeness (QED) is 0.454. The van der Waals surface area contributed by atoms with E-state index in [4.69, 9.17) is 0 Å². The van der Waals surface area contributed by atoms with Crippen molar-refractivity contribution in [3.63, 3.8) is 0 Å². The first-order valence-corrected chi connectivity index (χ1v) is 12.3. The van der Waals surface area contributed by atoms with Gasteiger partial charge in [0, 0.05) is 6.42 Å². The molecule has 2 fully saturated rings. The van der Waals surface area contributed by atoms with Gasteiger partial charge in [0.15, 0.2) is 5.78 Å². The van der Waals surface area contributed by atoms with Crippen molar-refractivity contribution in [3.8, 4) is 0 Å². The first-order chi connectivity index (χ1) is 13.7. The number of hydrogen-bond acceptors (Lipinski definition) is 1. The maximum Gasteiger partial charge on any atom is 0.156 e. The van der Waals surface area contributed by atoms with E-state index in [1.165, 1.54) is 31.3 Å². The maximum atomic E-state index is 12.0. The predicted octanol–water partition coefficient (Wildman–Crippen LogP) is 7.39. The molecule has 1 nitrogen and oxygen atoms in total. The molecule has 8 atom stereocenters. The van der Waals surface area contributed by atoms with Crippen LogP contribution in [0, 0.1) is 52.3 Å². The molecule has 0 aliphatic heterocycles. The van der Waals surface area contributed by atoms with Gasteiger partial charge in [-0.25, -0.2) is 0 Å². The summed E-state index contributed by atoms with van der Waals surface area (Å²) in [5, 5.41) is 0. The molecular weight excluding hydrogens is 352 g/mol. The van der Waals surface area contributed by atoms with Gasteiger partial charge in [-0.15, -0.1) is 0 Å². The number of carbonyl (C=O) groups is 1. The minimum atomic E-state index is 0.227. The highest BCUT2D eigenvalue weighted by atomic mass is 16.1. The van der Waals surface area contributed by atoms with Crippen LogP contribution in [0.15, 0.2) is 36.0 Å². The van der Waals surface area contributed by atoms with Gasteiger partial charge in [-0.2, -0.15) is 0 Å². The average Bonchev–Trinajstić information content (AvgIpc) is 3.03. The molecule has 0 spiro atoms. The van der Waals surface area contributed by atoms with Gasteiger partial charge in [0.25, 0.3) is 0 Å². The molecule has 0 aromatic carbocycles. The second-order valence-corrected chi connectivity index (χ2v) is 11.7. The lowest BCUT2D eigenvalue weighted by Crippen LogP contribution is -2.49. The second kappa shape index (κ2) is 7.54. The van der Waals surface area contributed by atoms with Gasteiger partial charge in [-0.1, -0.05) is 65.8 Å². The molecule has 4 rings (SSSR count). The molecule has 1 heteroatoms. The molecule has 0 N–H and O–H groups in total. The Labute approximate surface area is 179 Å². The van der Waals surface area contributed by atoms with Crippen LogP contribution in [0.4, 0.5) is 0 Å². The lowest BCUT2D eigenvalue weighted by Gasteiger charge is -2.56. The number of carbonyl (C=O) groups excluding carboxylic acids is 1. The van der Waals surface area contributed by atoms with Crippen molar-refractivity contribution in [1.82, 2.24) is 0 Å². The van der Waals surface area contributed by atoms with Gasteiger partial charge >= 0.3 is 0 Å². The summed E-state index contributed by atoms with van der Waals surface area (Å²) < 4.78 is 0. The molecule has 4 aliphatic carbocycles. The van der Waals surface area contributed by atoms with Crippen molar-refractivity contribution in [3.05, 3.63) is 36.0 Å². The van der Waals surface area contributed by atoms with Gasteiger partial charge < -0.3 is 0 Å². The molecule has 29 heavy (non-hydrogen) atoms. The lowest BCUT2D eigenvalue weighted by molar-refractivity contribution is -0.116. The van der Waals surface area contributed by atoms with Gasteiger partial charge in [-0.05, 0) is 96.0 Å². The molecule has 2 saturated carbocycles. The molecule has 0 amide bonds. The third-order valence-corrected chi connectivity index (χ3v) is 9.99. The highest BCUT2D eigenvalue weighted by Crippen LogP contribution is 2.66. The third kappa shape index (κ3) is 3.41. The largest absolute Gasteiger partial charge is 0.295 e. The normalized spacial score (nSPS) is 43.7. The summed E-state index contributed by atoms with van der Waals surface area (Å²) >= 11 is 0. The lowest BCUT2D eigenvalue weighted by atomic mass is 9.48. The van der Waals surface area contributed by atoms with Crippen molar-refractivity contribution in [2.75, 3.05) is 0 Å². The summed E-state index contributed by atoms with van der Waals surface area (Å²) in [6.07, 6.45) is 19.1. The van der Waals surface area contributed by atoms with Crippen molar-refractivity contribution in [2.24, 2.45) is 52.3 Å². The number of ketones is 1. The van der Waals surface area contributed by atoms with Gasteiger partial charge in [0.2, 0.25) is 0 Å². The van der Waals surface area contributed by atoms with E-state index in [2.05, 4.69) is 65.8 Å². The van der Waals surface area contributed by atoms with Crippen LogP contribution >= 0.6 is 0 Å². The van der Waals surface area contributed by atoms with E-state index in [1.54, 1.807) is 0 Å². The van der Waals surface area contributed by atoms with Gasteiger partial charge in [0.1, 0.15) is 0 Å². The molecule has 0 aromatic rings. The number of hydrogen-bond donors (Lipinski definition) is 0. The van der Waals surface area contributed by atoms with Crippen LogP contribution in [-0.4, -0.2) is 5.78 Å². The van der Waals surface area contributed by atoms with Crippen LogP contribution in [-0.2, 0) is 4.79 Å². The minimum absolute atomic E-state index is 0.227. The summed E-state index contributed by atoms with van der Waals surface area (Å²) in [5.41, 5.74) is 2.02. The number of rotatable bonds is 4. The third-order valence-electron chi connectivity index (χ3n) is 9.99. The summed E-state index contributed by atoms with van der Waals surface area (Å²) in [5.74, 6) is 5.46. The molecule has 0 aromatic heterocycles. The van der Waals surface area contributed by atoms with Gasteiger partial charge in [0.05, 0.1) is 0 Å². The van der Waals surface area contributed by atoms with Crippen LogP contribution in [0.3, 0.4) is 0 Å². The summed E-state index contributed by atoms with van der Waals surface area (Å²) in [4.78, 5) is 12.0. The Morgan fingerprint density at radius 2 is 1.76 bits per heavy atom. The topological polar surface area (TPSA) is 17.1 Å². The fraction of sp³-hybridized carbons (Fsp3) is 0.750. The monoisotopic (exact) mass is 394 g/mol. The standard InChI is InChI=1S/C28H42O/c1-18(2)19(3)7-8-20(4)24-11-12-25-23-10-9-21-17-22(29)13-15-27(21,5)26(23)14-16-28(24,25)6/h7-10,17-20,23-26H,11-16H2,1-6H3/b8-7+/t19-,20+,23-,24-,25+,26-,27+,28+/m0/s1. The Morgan fingerprint density at radius 3 is 2.48 bits per heavy atom. The van der Waals surface area contributed by atoms with Crippen molar-refractivity contribution < 1.29 is 4.79 Å². The molecule has 0 heterocycles. The Morgan fingerprint density at radius 1 is 1.00 bits per heavy atom. The fourth-order valence-electron chi connectivity index (χ4n) is 7.61. The smallest absolute Gasteiger partial charge is 0.156 e. The number of fused-ring (bicyclic) bond motifs is 5. The molecular formula is C28H42O. The highest BCUT2D eigenvalue weighted by molar-refractivity contribution is 5.92. The Bertz CT molecular complexity index is 739. The average molecular weight is 395 g/mol. The fourth-order valence-corrected chi connectivity index (χ4v) is 7.61. The summed E-state index contributed by atoms with van der Waals surface area (Å²) in [6, 6.07) is 0. The Kier molecular flexibility index (Phi) is 5.50. The van der Waals surface area contributed by atoms with E-state index < -0.39 is 0 Å². The van der Waals surface area contributed by atoms with Crippen LogP contribution in [0.2, 0.25) is 0 Å². The highest BCUT2D eigenvalue weighted by Gasteiger charge is 2.58. The Hall–Kier alpha value is -1.11. The minimum Gasteiger partial charge on any atom is -0.295 e. The predicted molar refractivity (Wildman–Crippen MR) is 122 cm³/mol. The van der Waals surface area contributed by atoms with Crippen molar-refractivity contribution in [1.29, 1.82) is 0 Å². The molecule has 0 bridgehead atoms. The van der Waals surface area contributed by atoms with E-state index in [9.17, 15) is 4.79 Å². The molecule has 160 valence electrons. The zero-order valence-corrected chi connectivity index (χ0v) is 19.6. The Balaban J connectivity index is 1.57. The van der Waals surface area contributed by atoms with E-state index in [1.807, 2.05) is 6.08 Å². The first kappa shape index (κ1) is 21.1. The van der Waals surface area contributed by atoms with Gasteiger partial charge in [-0.3, -0.25) is 4.79 Å². The molecule has 4 aliphatic rings. The van der Waals surface area contributed by atoms with E-state index >= 15 is 0 Å². The van der Waals surface area contributed by atoms with Crippen LogP contribution in [0.1, 0.15) is 80.1 Å². The van der Waals surface area contributed by atoms with Crippen molar-refractivity contribution in [2.45, 2.75) is 80.1 Å². The van der Waals surface area contributed by atoms with E-state index in [0.717, 1.165) is 36.5 Å². The molecule has 0 saturated heterocycles. The maximum absolute atomic E-state index is 12.0.